The van der Waals surface area contributed by atoms with Crippen LogP contribution in [0.4, 0.5) is 21.0 Å². The topological polar surface area (TPSA) is 90.5 Å². The number of imide groups is 1. The van der Waals surface area contributed by atoms with E-state index >= 15 is 0 Å². The van der Waals surface area contributed by atoms with Crippen molar-refractivity contribution >= 4 is 40.9 Å². The molecule has 5 amide bonds. The van der Waals surface area contributed by atoms with Gasteiger partial charge in [0, 0.05) is 35.9 Å². The molecule has 0 radical (unpaired) electrons. The molecule has 1 aliphatic heterocycles. The van der Waals surface area contributed by atoms with Crippen molar-refractivity contribution in [1.29, 1.82) is 0 Å². The lowest BCUT2D eigenvalue weighted by atomic mass is 10.2. The summed E-state index contributed by atoms with van der Waals surface area (Å²) in [6.45, 7) is 2.57. The van der Waals surface area contributed by atoms with Gasteiger partial charge in [-0.1, -0.05) is 29.8 Å². The van der Waals surface area contributed by atoms with E-state index in [1.807, 2.05) is 25.1 Å². The number of urea groups is 2. The van der Waals surface area contributed by atoms with E-state index in [2.05, 4.69) is 16.0 Å². The Morgan fingerprint density at radius 3 is 2.59 bits per heavy atom. The molecule has 0 bridgehead atoms. The number of carbonyl (C=O) groups excluding carboxylic acids is 3. The number of anilines is 2. The fraction of sp³-hybridized carbons (Fsp3) is 0.211. The highest BCUT2D eigenvalue weighted by molar-refractivity contribution is 6.31. The average molecular weight is 387 g/mol. The van der Waals surface area contributed by atoms with Crippen LogP contribution in [0.15, 0.2) is 42.5 Å². The van der Waals surface area contributed by atoms with Crippen molar-refractivity contribution in [3.05, 3.63) is 58.6 Å². The third-order valence-corrected chi connectivity index (χ3v) is 4.59. The van der Waals surface area contributed by atoms with Gasteiger partial charge in [-0.2, -0.15) is 0 Å². The minimum Gasteiger partial charge on any atom is -0.334 e. The van der Waals surface area contributed by atoms with Crippen molar-refractivity contribution in [3.63, 3.8) is 0 Å². The predicted molar refractivity (Wildman–Crippen MR) is 104 cm³/mol. The smallest absolute Gasteiger partial charge is 0.328 e. The number of nitrogens with zero attached hydrogens (tertiary/aromatic N) is 1. The Kier molecular flexibility index (Phi) is 5.61. The molecule has 1 aliphatic rings. The van der Waals surface area contributed by atoms with Crippen LogP contribution in [-0.4, -0.2) is 24.5 Å². The van der Waals surface area contributed by atoms with Crippen LogP contribution in [0.5, 0.6) is 0 Å². The maximum atomic E-state index is 12.0. The monoisotopic (exact) mass is 386 g/mol. The number of hydrogen-bond donors (Lipinski definition) is 3. The first-order chi connectivity index (χ1) is 12.9. The number of aryl methyl sites for hydroxylation is 1. The molecule has 1 heterocycles. The largest absolute Gasteiger partial charge is 0.334 e. The molecule has 7 nitrogen and oxygen atoms in total. The second-order valence-corrected chi connectivity index (χ2v) is 6.60. The van der Waals surface area contributed by atoms with Crippen molar-refractivity contribution in [2.45, 2.75) is 19.9 Å². The summed E-state index contributed by atoms with van der Waals surface area (Å²) in [5, 5.41) is 8.37. The summed E-state index contributed by atoms with van der Waals surface area (Å²) in [5.41, 5.74) is 3.13. The van der Waals surface area contributed by atoms with Crippen molar-refractivity contribution in [3.8, 4) is 0 Å². The number of carbonyl (C=O) groups is 3. The first kappa shape index (κ1) is 18.7. The van der Waals surface area contributed by atoms with Gasteiger partial charge in [-0.3, -0.25) is 15.0 Å². The quantitative estimate of drug-likeness (QED) is 0.752. The van der Waals surface area contributed by atoms with Crippen molar-refractivity contribution in [2.24, 2.45) is 0 Å². The maximum Gasteiger partial charge on any atom is 0.328 e. The second kappa shape index (κ2) is 8.09. The number of halogens is 1. The molecule has 0 aromatic heterocycles. The zero-order valence-corrected chi connectivity index (χ0v) is 15.5. The Labute approximate surface area is 161 Å². The highest BCUT2D eigenvalue weighted by Gasteiger charge is 2.23. The van der Waals surface area contributed by atoms with Gasteiger partial charge in [0.15, 0.2) is 0 Å². The summed E-state index contributed by atoms with van der Waals surface area (Å²) in [7, 11) is 0. The minimum absolute atomic E-state index is 0.266. The van der Waals surface area contributed by atoms with Gasteiger partial charge >= 0.3 is 12.1 Å². The molecule has 0 spiro atoms. The van der Waals surface area contributed by atoms with Gasteiger partial charge in [-0.25, -0.2) is 9.59 Å². The van der Waals surface area contributed by atoms with E-state index < -0.39 is 6.03 Å². The average Bonchev–Trinajstić information content (AvgIpc) is 2.64. The molecule has 1 saturated heterocycles. The van der Waals surface area contributed by atoms with E-state index in [9.17, 15) is 14.4 Å². The van der Waals surface area contributed by atoms with E-state index in [0.717, 1.165) is 11.1 Å². The fourth-order valence-electron chi connectivity index (χ4n) is 2.63. The van der Waals surface area contributed by atoms with E-state index in [0.29, 0.717) is 29.5 Å². The van der Waals surface area contributed by atoms with E-state index in [4.69, 9.17) is 11.6 Å². The molecule has 27 heavy (non-hydrogen) atoms. The van der Waals surface area contributed by atoms with Gasteiger partial charge in [-0.15, -0.1) is 0 Å². The zero-order chi connectivity index (χ0) is 19.4. The summed E-state index contributed by atoms with van der Waals surface area (Å²) >= 11 is 6.04. The van der Waals surface area contributed by atoms with Crippen molar-refractivity contribution in [1.82, 2.24) is 10.6 Å². The van der Waals surface area contributed by atoms with Crippen molar-refractivity contribution in [2.75, 3.05) is 16.8 Å². The van der Waals surface area contributed by atoms with Gasteiger partial charge in [0.25, 0.3) is 0 Å². The molecular weight excluding hydrogens is 368 g/mol. The van der Waals surface area contributed by atoms with Crippen LogP contribution in [-0.2, 0) is 11.3 Å². The molecule has 0 saturated carbocycles. The Bertz CT molecular complexity index is 883. The number of amides is 5. The van der Waals surface area contributed by atoms with Crippen LogP contribution in [0, 0.1) is 6.92 Å². The maximum absolute atomic E-state index is 12.0. The van der Waals surface area contributed by atoms with Crippen molar-refractivity contribution < 1.29 is 14.4 Å². The lowest BCUT2D eigenvalue weighted by Gasteiger charge is -2.26. The molecule has 8 heteroatoms. The molecular formula is C19H19ClN4O3. The van der Waals surface area contributed by atoms with E-state index in [1.54, 1.807) is 24.3 Å². The highest BCUT2D eigenvalue weighted by Crippen LogP contribution is 2.20. The summed E-state index contributed by atoms with van der Waals surface area (Å²) in [6, 6.07) is 11.8. The van der Waals surface area contributed by atoms with Crippen LogP contribution >= 0.6 is 11.6 Å². The van der Waals surface area contributed by atoms with Crippen LogP contribution in [0.25, 0.3) is 0 Å². The third-order valence-electron chi connectivity index (χ3n) is 4.18. The first-order valence-electron chi connectivity index (χ1n) is 8.43. The molecule has 0 atom stereocenters. The van der Waals surface area contributed by atoms with Crippen LogP contribution in [0.3, 0.4) is 0 Å². The van der Waals surface area contributed by atoms with Gasteiger partial charge < -0.3 is 10.6 Å². The Balaban J connectivity index is 1.53. The summed E-state index contributed by atoms with van der Waals surface area (Å²) in [6.07, 6.45) is 0.276. The third kappa shape index (κ3) is 4.77. The molecule has 0 unspecified atom stereocenters. The fourth-order valence-corrected chi connectivity index (χ4v) is 2.81. The van der Waals surface area contributed by atoms with Gasteiger partial charge in [0.2, 0.25) is 5.91 Å². The number of rotatable bonds is 4. The molecule has 3 N–H and O–H groups in total. The van der Waals surface area contributed by atoms with Gasteiger partial charge in [-0.05, 0) is 42.3 Å². The van der Waals surface area contributed by atoms with Crippen LogP contribution < -0.4 is 20.9 Å². The Morgan fingerprint density at radius 1 is 1.19 bits per heavy atom. The summed E-state index contributed by atoms with van der Waals surface area (Å²) in [4.78, 5) is 36.6. The predicted octanol–water partition coefficient (Wildman–Crippen LogP) is 3.42. The molecule has 140 valence electrons. The lowest BCUT2D eigenvalue weighted by Crippen LogP contribution is -2.49. The van der Waals surface area contributed by atoms with E-state index in [-0.39, 0.29) is 18.4 Å². The second-order valence-electron chi connectivity index (χ2n) is 6.19. The SMILES string of the molecule is Cc1ccc(NC(=O)NCc2ccc(N3CCC(=O)NC3=O)cc2)cc1Cl. The Hall–Kier alpha value is -3.06. The normalized spacial score (nSPS) is 13.9. The van der Waals surface area contributed by atoms with Gasteiger partial charge in [0.1, 0.15) is 0 Å². The highest BCUT2D eigenvalue weighted by atomic mass is 35.5. The van der Waals surface area contributed by atoms with Gasteiger partial charge in [0.05, 0.1) is 0 Å². The number of benzene rings is 2. The standard InChI is InChI=1S/C19H19ClN4O3/c1-12-2-5-14(10-16(12)20)22-18(26)21-11-13-3-6-15(7-4-13)24-9-8-17(25)23-19(24)27/h2-7,10H,8-9,11H2,1H3,(H2,21,22,26)(H,23,25,27). The van der Waals surface area contributed by atoms with E-state index in [1.165, 1.54) is 4.90 Å². The molecule has 1 fully saturated rings. The summed E-state index contributed by atoms with van der Waals surface area (Å²) < 4.78 is 0. The Morgan fingerprint density at radius 2 is 1.93 bits per heavy atom. The summed E-state index contributed by atoms with van der Waals surface area (Å²) in [5.74, 6) is -0.266. The molecule has 3 rings (SSSR count). The lowest BCUT2D eigenvalue weighted by molar-refractivity contribution is -0.120. The number of hydrogen-bond acceptors (Lipinski definition) is 3. The number of nitrogens with one attached hydrogen (secondary N) is 3. The molecule has 2 aromatic rings. The minimum atomic E-state index is -0.423. The molecule has 2 aromatic carbocycles. The molecule has 0 aliphatic carbocycles. The van der Waals surface area contributed by atoms with Crippen LogP contribution in [0.1, 0.15) is 17.5 Å². The zero-order valence-electron chi connectivity index (χ0n) is 14.7. The van der Waals surface area contributed by atoms with Crippen LogP contribution in [0.2, 0.25) is 5.02 Å². The first-order valence-corrected chi connectivity index (χ1v) is 8.81.